The third-order valence-electron chi connectivity index (χ3n) is 2.04. The van der Waals surface area contributed by atoms with Crippen LogP contribution in [0.2, 0.25) is 0 Å². The van der Waals surface area contributed by atoms with Gasteiger partial charge in [0.05, 0.1) is 5.57 Å². The molecule has 0 heterocycles. The van der Waals surface area contributed by atoms with Crippen LogP contribution in [0.3, 0.4) is 0 Å². The molecule has 0 saturated carbocycles. The van der Waals surface area contributed by atoms with E-state index in [-0.39, 0.29) is 5.57 Å². The smallest absolute Gasteiger partial charge is 0.332 e. The van der Waals surface area contributed by atoms with Gasteiger partial charge in [0.25, 0.3) is 0 Å². The van der Waals surface area contributed by atoms with Crippen molar-refractivity contribution >= 4 is 11.9 Å². The van der Waals surface area contributed by atoms with E-state index in [1.807, 2.05) is 0 Å². The summed E-state index contributed by atoms with van der Waals surface area (Å²) >= 11 is 0. The van der Waals surface area contributed by atoms with Gasteiger partial charge in [0.1, 0.15) is 5.92 Å². The lowest BCUT2D eigenvalue weighted by Gasteiger charge is -2.17. The SMILES string of the molecule is CC1=CCC=C(C(=O)O)C1C(=O)O. The highest BCUT2D eigenvalue weighted by atomic mass is 16.4. The fourth-order valence-electron chi connectivity index (χ4n) is 1.39. The number of rotatable bonds is 2. The number of aliphatic carboxylic acids is 2. The van der Waals surface area contributed by atoms with Crippen LogP contribution in [-0.4, -0.2) is 22.2 Å². The minimum absolute atomic E-state index is 0.0347. The van der Waals surface area contributed by atoms with Crippen LogP contribution in [0.1, 0.15) is 13.3 Å². The molecule has 1 atom stereocenters. The van der Waals surface area contributed by atoms with E-state index in [0.29, 0.717) is 12.0 Å². The first-order chi connectivity index (χ1) is 6.04. The Hall–Kier alpha value is -1.58. The maximum Gasteiger partial charge on any atom is 0.332 e. The maximum atomic E-state index is 10.7. The summed E-state index contributed by atoms with van der Waals surface area (Å²) in [6.45, 7) is 1.63. The van der Waals surface area contributed by atoms with Gasteiger partial charge in [-0.1, -0.05) is 17.7 Å². The molecule has 0 spiro atoms. The summed E-state index contributed by atoms with van der Waals surface area (Å²) in [6.07, 6.45) is 3.66. The van der Waals surface area contributed by atoms with Crippen molar-refractivity contribution in [2.45, 2.75) is 13.3 Å². The van der Waals surface area contributed by atoms with Gasteiger partial charge in [-0.2, -0.15) is 0 Å². The zero-order valence-corrected chi connectivity index (χ0v) is 7.15. The second-order valence-corrected chi connectivity index (χ2v) is 2.92. The second-order valence-electron chi connectivity index (χ2n) is 2.92. The van der Waals surface area contributed by atoms with Crippen molar-refractivity contribution in [2.24, 2.45) is 5.92 Å². The lowest BCUT2D eigenvalue weighted by Crippen LogP contribution is -2.24. The van der Waals surface area contributed by atoms with Crippen molar-refractivity contribution in [1.29, 1.82) is 0 Å². The van der Waals surface area contributed by atoms with Gasteiger partial charge in [0.2, 0.25) is 0 Å². The van der Waals surface area contributed by atoms with E-state index in [9.17, 15) is 9.59 Å². The van der Waals surface area contributed by atoms with Crippen LogP contribution in [0.5, 0.6) is 0 Å². The van der Waals surface area contributed by atoms with E-state index < -0.39 is 17.9 Å². The normalized spacial score (nSPS) is 21.8. The molecule has 1 rings (SSSR count). The highest BCUT2D eigenvalue weighted by Gasteiger charge is 2.29. The Morgan fingerprint density at radius 1 is 1.38 bits per heavy atom. The standard InChI is InChI=1S/C9H10O4/c1-5-3-2-4-6(8(10)11)7(5)9(12)13/h3-4,7H,2H2,1H3,(H,10,11)(H,12,13). The lowest BCUT2D eigenvalue weighted by molar-refractivity contribution is -0.142. The van der Waals surface area contributed by atoms with E-state index in [2.05, 4.69) is 0 Å². The van der Waals surface area contributed by atoms with Crippen LogP contribution in [0.4, 0.5) is 0 Å². The molecule has 0 aliphatic heterocycles. The van der Waals surface area contributed by atoms with Gasteiger partial charge in [0.15, 0.2) is 0 Å². The summed E-state index contributed by atoms with van der Waals surface area (Å²) in [5.41, 5.74) is 0.555. The summed E-state index contributed by atoms with van der Waals surface area (Å²) in [5, 5.41) is 17.5. The average Bonchev–Trinajstić information content (AvgIpc) is 2.02. The zero-order chi connectivity index (χ0) is 10.0. The number of hydrogen-bond donors (Lipinski definition) is 2. The molecule has 1 aliphatic carbocycles. The molecule has 0 aromatic carbocycles. The van der Waals surface area contributed by atoms with Crippen LogP contribution in [0, 0.1) is 5.92 Å². The fourth-order valence-corrected chi connectivity index (χ4v) is 1.39. The van der Waals surface area contributed by atoms with Crippen LogP contribution in [0.15, 0.2) is 23.3 Å². The van der Waals surface area contributed by atoms with Gasteiger partial charge in [-0.25, -0.2) is 4.79 Å². The molecule has 1 unspecified atom stereocenters. The summed E-state index contributed by atoms with van der Waals surface area (Å²) < 4.78 is 0. The molecule has 4 heteroatoms. The molecule has 0 aromatic heterocycles. The molecule has 0 amide bonds. The van der Waals surface area contributed by atoms with Crippen molar-refractivity contribution in [3.8, 4) is 0 Å². The van der Waals surface area contributed by atoms with Gasteiger partial charge < -0.3 is 10.2 Å². The van der Waals surface area contributed by atoms with Crippen LogP contribution >= 0.6 is 0 Å². The first-order valence-electron chi connectivity index (χ1n) is 3.87. The second kappa shape index (κ2) is 3.43. The fraction of sp³-hybridized carbons (Fsp3) is 0.333. The quantitative estimate of drug-likeness (QED) is 0.626. The molecule has 13 heavy (non-hydrogen) atoms. The van der Waals surface area contributed by atoms with E-state index in [1.165, 1.54) is 6.08 Å². The van der Waals surface area contributed by atoms with Crippen molar-refractivity contribution in [1.82, 2.24) is 0 Å². The van der Waals surface area contributed by atoms with Gasteiger partial charge in [-0.15, -0.1) is 0 Å². The van der Waals surface area contributed by atoms with Crippen molar-refractivity contribution in [3.05, 3.63) is 23.3 Å². The van der Waals surface area contributed by atoms with E-state index in [1.54, 1.807) is 13.0 Å². The van der Waals surface area contributed by atoms with E-state index in [0.717, 1.165) is 0 Å². The Labute approximate surface area is 75.2 Å². The molecule has 2 N–H and O–H groups in total. The molecule has 0 fully saturated rings. The van der Waals surface area contributed by atoms with Crippen molar-refractivity contribution < 1.29 is 19.8 Å². The molecular weight excluding hydrogens is 172 g/mol. The number of carboxylic acids is 2. The predicted octanol–water partition coefficient (Wildman–Crippen LogP) is 1.05. The van der Waals surface area contributed by atoms with Gasteiger partial charge in [0, 0.05) is 0 Å². The molecule has 4 nitrogen and oxygen atoms in total. The van der Waals surface area contributed by atoms with Gasteiger partial charge >= 0.3 is 11.9 Å². The largest absolute Gasteiger partial charge is 0.481 e. The Bertz CT molecular complexity index is 312. The summed E-state index contributed by atoms with van der Waals surface area (Å²) in [5.74, 6) is -3.24. The summed E-state index contributed by atoms with van der Waals surface area (Å²) in [4.78, 5) is 21.4. The van der Waals surface area contributed by atoms with Crippen LogP contribution in [-0.2, 0) is 9.59 Å². The minimum Gasteiger partial charge on any atom is -0.481 e. The first-order valence-corrected chi connectivity index (χ1v) is 3.87. The first kappa shape index (κ1) is 9.51. The van der Waals surface area contributed by atoms with Gasteiger partial charge in [-0.3, -0.25) is 4.79 Å². The summed E-state index contributed by atoms with van der Waals surface area (Å²) in [7, 11) is 0. The third kappa shape index (κ3) is 1.77. The third-order valence-corrected chi connectivity index (χ3v) is 2.04. The molecule has 1 aliphatic rings. The number of carboxylic acid groups (broad SMARTS) is 2. The monoisotopic (exact) mass is 182 g/mol. The van der Waals surface area contributed by atoms with Crippen molar-refractivity contribution in [3.63, 3.8) is 0 Å². The van der Waals surface area contributed by atoms with Crippen LogP contribution in [0.25, 0.3) is 0 Å². The minimum atomic E-state index is -1.15. The molecular formula is C9H10O4. The highest BCUT2D eigenvalue weighted by molar-refractivity contribution is 5.95. The number of allylic oxidation sites excluding steroid dienone is 2. The van der Waals surface area contributed by atoms with Crippen molar-refractivity contribution in [2.75, 3.05) is 0 Å². The number of hydrogen-bond acceptors (Lipinski definition) is 2. The molecule has 0 aromatic rings. The average molecular weight is 182 g/mol. The predicted molar refractivity (Wildman–Crippen MR) is 45.2 cm³/mol. The molecule has 0 bridgehead atoms. The lowest BCUT2D eigenvalue weighted by atomic mass is 9.87. The van der Waals surface area contributed by atoms with Gasteiger partial charge in [-0.05, 0) is 13.3 Å². The zero-order valence-electron chi connectivity index (χ0n) is 7.15. The Kier molecular flexibility index (Phi) is 2.51. The summed E-state index contributed by atoms with van der Waals surface area (Å²) in [6, 6.07) is 0. The Balaban J connectivity index is 3.02. The van der Waals surface area contributed by atoms with E-state index >= 15 is 0 Å². The van der Waals surface area contributed by atoms with Crippen LogP contribution < -0.4 is 0 Å². The highest BCUT2D eigenvalue weighted by Crippen LogP contribution is 2.25. The molecule has 70 valence electrons. The Morgan fingerprint density at radius 3 is 2.38 bits per heavy atom. The topological polar surface area (TPSA) is 74.6 Å². The molecule has 0 saturated heterocycles. The number of carbonyl (C=O) groups is 2. The maximum absolute atomic E-state index is 10.7. The van der Waals surface area contributed by atoms with E-state index in [4.69, 9.17) is 10.2 Å². The molecule has 0 radical (unpaired) electrons. The Morgan fingerprint density at radius 2 is 2.00 bits per heavy atom.